The predicted molar refractivity (Wildman–Crippen MR) is 48.9 cm³/mol. The molecule has 0 radical (unpaired) electrons. The maximum absolute atomic E-state index is 11.3. The third-order valence-corrected chi connectivity index (χ3v) is 2.04. The molecule has 0 bridgehead atoms. The lowest BCUT2D eigenvalue weighted by Crippen LogP contribution is -2.50. The molecule has 0 aromatic heterocycles. The van der Waals surface area contributed by atoms with E-state index in [-0.39, 0.29) is 25.4 Å². The summed E-state index contributed by atoms with van der Waals surface area (Å²) < 4.78 is 0. The number of β-amino-alcohol motifs (C(OH)–C–C–N with tert-alkyl or cyclic N) is 1. The van der Waals surface area contributed by atoms with Gasteiger partial charge in [-0.05, 0) is 0 Å². The van der Waals surface area contributed by atoms with Gasteiger partial charge in [0.05, 0.1) is 19.1 Å². The van der Waals surface area contributed by atoms with Crippen molar-refractivity contribution in [1.29, 1.82) is 0 Å². The third kappa shape index (κ3) is 2.66. The molecule has 7 nitrogen and oxygen atoms in total. The number of carbonyl (C=O) groups excluding carboxylic acids is 3. The molecule has 1 unspecified atom stereocenters. The van der Waals surface area contributed by atoms with E-state index in [2.05, 4.69) is 0 Å². The zero-order chi connectivity index (χ0) is 11.6. The van der Waals surface area contributed by atoms with Gasteiger partial charge in [0.1, 0.15) is 6.54 Å². The summed E-state index contributed by atoms with van der Waals surface area (Å²) in [5, 5.41) is 11.2. The number of nitrogens with two attached hydrogens (primary N) is 1. The predicted octanol–water partition coefficient (Wildman–Crippen LogP) is -2.17. The molecule has 1 aliphatic rings. The largest absolute Gasteiger partial charge is 0.391 e. The van der Waals surface area contributed by atoms with Crippen LogP contribution in [0, 0.1) is 0 Å². The lowest BCUT2D eigenvalue weighted by Gasteiger charge is -2.29. The van der Waals surface area contributed by atoms with Crippen LogP contribution in [0.1, 0.15) is 13.3 Å². The van der Waals surface area contributed by atoms with E-state index in [0.29, 0.717) is 0 Å². The molecule has 0 spiro atoms. The first-order chi connectivity index (χ1) is 6.91. The second-order valence-corrected chi connectivity index (χ2v) is 3.38. The van der Waals surface area contributed by atoms with Gasteiger partial charge in [-0.1, -0.05) is 0 Å². The Labute approximate surface area is 86.4 Å². The highest BCUT2D eigenvalue weighted by atomic mass is 16.3. The van der Waals surface area contributed by atoms with Crippen molar-refractivity contribution in [2.24, 2.45) is 5.73 Å². The molecular formula is C8H13N3O4. The Morgan fingerprint density at radius 3 is 2.60 bits per heavy atom. The molecule has 3 amide bonds. The molecular weight excluding hydrogens is 202 g/mol. The zero-order valence-electron chi connectivity index (χ0n) is 8.34. The van der Waals surface area contributed by atoms with Crippen LogP contribution in [0.15, 0.2) is 0 Å². The van der Waals surface area contributed by atoms with Crippen molar-refractivity contribution in [2.75, 3.05) is 13.1 Å². The number of amides is 3. The maximum Gasteiger partial charge on any atom is 0.243 e. The van der Waals surface area contributed by atoms with Gasteiger partial charge in [-0.15, -0.1) is 0 Å². The maximum atomic E-state index is 11.3. The van der Waals surface area contributed by atoms with Crippen LogP contribution in [-0.4, -0.2) is 52.0 Å². The van der Waals surface area contributed by atoms with E-state index in [4.69, 9.17) is 5.73 Å². The topological polar surface area (TPSA) is 104 Å². The number of primary amides is 1. The summed E-state index contributed by atoms with van der Waals surface area (Å²) in [6.45, 7) is 0.889. The first kappa shape index (κ1) is 11.4. The molecule has 15 heavy (non-hydrogen) atoms. The van der Waals surface area contributed by atoms with Crippen LogP contribution in [0.3, 0.4) is 0 Å². The fourth-order valence-electron chi connectivity index (χ4n) is 1.42. The quantitative estimate of drug-likeness (QED) is 0.559. The molecule has 0 aromatic rings. The highest BCUT2D eigenvalue weighted by Gasteiger charge is 2.34. The summed E-state index contributed by atoms with van der Waals surface area (Å²) in [4.78, 5) is 33.2. The molecule has 3 N–H and O–H groups in total. The van der Waals surface area contributed by atoms with Crippen LogP contribution >= 0.6 is 0 Å². The molecule has 1 fully saturated rings. The average Bonchev–Trinajstić information content (AvgIpc) is 2.40. The van der Waals surface area contributed by atoms with Gasteiger partial charge in [0.2, 0.25) is 17.7 Å². The molecule has 0 aliphatic carbocycles. The molecule has 0 saturated carbocycles. The Kier molecular flexibility index (Phi) is 3.25. The minimum absolute atomic E-state index is 0.0195. The Morgan fingerprint density at radius 2 is 2.27 bits per heavy atom. The summed E-state index contributed by atoms with van der Waals surface area (Å²) in [6, 6.07) is 0. The van der Waals surface area contributed by atoms with E-state index in [1.807, 2.05) is 0 Å². The second kappa shape index (κ2) is 4.26. The average molecular weight is 215 g/mol. The summed E-state index contributed by atoms with van der Waals surface area (Å²) in [7, 11) is 0. The van der Waals surface area contributed by atoms with E-state index >= 15 is 0 Å². The highest BCUT2D eigenvalue weighted by Crippen LogP contribution is 2.13. The number of hydrogen-bond donors (Lipinski definition) is 2. The number of carbonyl (C=O) groups is 3. The number of aliphatic hydroxyl groups is 1. The van der Waals surface area contributed by atoms with Crippen molar-refractivity contribution in [3.05, 3.63) is 0 Å². The minimum atomic E-state index is -0.799. The van der Waals surface area contributed by atoms with Gasteiger partial charge in [-0.25, -0.2) is 10.0 Å². The molecule has 1 saturated heterocycles. The van der Waals surface area contributed by atoms with Crippen LogP contribution in [0.5, 0.6) is 0 Å². The molecule has 1 atom stereocenters. The third-order valence-electron chi connectivity index (χ3n) is 2.04. The van der Waals surface area contributed by atoms with Gasteiger partial charge in [0, 0.05) is 6.92 Å². The second-order valence-electron chi connectivity index (χ2n) is 3.38. The molecule has 0 aromatic carbocycles. The SMILES string of the molecule is CC(=O)N(CC(N)=O)N1CC(O)CC1=O. The number of hydrazine groups is 1. The van der Waals surface area contributed by atoms with Gasteiger partial charge in [0.25, 0.3) is 0 Å². The Bertz CT molecular complexity index is 304. The van der Waals surface area contributed by atoms with Crippen LogP contribution in [0.2, 0.25) is 0 Å². The first-order valence-corrected chi connectivity index (χ1v) is 4.46. The lowest BCUT2D eigenvalue weighted by atomic mass is 10.3. The van der Waals surface area contributed by atoms with Gasteiger partial charge >= 0.3 is 0 Å². The van der Waals surface area contributed by atoms with Gasteiger partial charge in [-0.3, -0.25) is 14.4 Å². The van der Waals surface area contributed by atoms with Crippen LogP contribution in [0.4, 0.5) is 0 Å². The minimum Gasteiger partial charge on any atom is -0.391 e. The van der Waals surface area contributed by atoms with Crippen molar-refractivity contribution < 1.29 is 19.5 Å². The highest BCUT2D eigenvalue weighted by molar-refractivity contribution is 5.86. The van der Waals surface area contributed by atoms with Crippen molar-refractivity contribution in [3.63, 3.8) is 0 Å². The van der Waals surface area contributed by atoms with Crippen LogP contribution < -0.4 is 5.73 Å². The fraction of sp³-hybridized carbons (Fsp3) is 0.625. The Balaban J connectivity index is 2.76. The van der Waals surface area contributed by atoms with Crippen molar-refractivity contribution >= 4 is 17.7 Å². The van der Waals surface area contributed by atoms with E-state index < -0.39 is 17.9 Å². The number of nitrogens with zero attached hydrogens (tertiary/aromatic N) is 2. The van der Waals surface area contributed by atoms with Gasteiger partial charge < -0.3 is 10.8 Å². The Morgan fingerprint density at radius 1 is 1.67 bits per heavy atom. The summed E-state index contributed by atoms with van der Waals surface area (Å²) in [6.07, 6.45) is -0.838. The van der Waals surface area contributed by atoms with E-state index in [0.717, 1.165) is 10.0 Å². The van der Waals surface area contributed by atoms with E-state index in [9.17, 15) is 19.5 Å². The van der Waals surface area contributed by atoms with Gasteiger partial charge in [0.15, 0.2) is 0 Å². The molecule has 1 heterocycles. The van der Waals surface area contributed by atoms with E-state index in [1.54, 1.807) is 0 Å². The van der Waals surface area contributed by atoms with Crippen molar-refractivity contribution in [1.82, 2.24) is 10.0 Å². The smallest absolute Gasteiger partial charge is 0.243 e. The summed E-state index contributed by atoms with van der Waals surface area (Å²) in [5.74, 6) is -1.56. The van der Waals surface area contributed by atoms with E-state index in [1.165, 1.54) is 6.92 Å². The number of hydrogen-bond acceptors (Lipinski definition) is 4. The fourth-order valence-corrected chi connectivity index (χ4v) is 1.42. The lowest BCUT2D eigenvalue weighted by molar-refractivity contribution is -0.160. The van der Waals surface area contributed by atoms with Crippen LogP contribution in [-0.2, 0) is 14.4 Å². The number of rotatable bonds is 3. The Hall–Kier alpha value is -1.63. The normalized spacial score (nSPS) is 20.5. The molecule has 1 rings (SSSR count). The molecule has 7 heteroatoms. The number of aliphatic hydroxyl groups excluding tert-OH is 1. The van der Waals surface area contributed by atoms with Crippen molar-refractivity contribution in [2.45, 2.75) is 19.4 Å². The van der Waals surface area contributed by atoms with Crippen molar-refractivity contribution in [3.8, 4) is 0 Å². The standard InChI is InChI=1S/C8H13N3O4/c1-5(12)10(4-7(9)14)11-3-6(13)2-8(11)15/h6,13H,2-4H2,1H3,(H2,9,14). The monoisotopic (exact) mass is 215 g/mol. The van der Waals surface area contributed by atoms with Crippen LogP contribution in [0.25, 0.3) is 0 Å². The molecule has 1 aliphatic heterocycles. The zero-order valence-corrected chi connectivity index (χ0v) is 8.34. The van der Waals surface area contributed by atoms with Gasteiger partial charge in [-0.2, -0.15) is 0 Å². The molecule has 84 valence electrons. The summed E-state index contributed by atoms with van der Waals surface area (Å²) in [5.41, 5.74) is 4.95. The summed E-state index contributed by atoms with van der Waals surface area (Å²) >= 11 is 0. The first-order valence-electron chi connectivity index (χ1n) is 4.46.